The molecule has 0 aliphatic carbocycles. The summed E-state index contributed by atoms with van der Waals surface area (Å²) in [4.78, 5) is 11.8. The van der Waals surface area contributed by atoms with Crippen molar-refractivity contribution in [2.45, 2.75) is 0 Å². The predicted octanol–water partition coefficient (Wildman–Crippen LogP) is 3.40. The molecule has 18 heavy (non-hydrogen) atoms. The SMILES string of the molecule is O=c1oc2c[c]ccc2cc1-c1cccc(F)c1. The van der Waals surface area contributed by atoms with E-state index in [9.17, 15) is 9.18 Å². The van der Waals surface area contributed by atoms with Gasteiger partial charge in [0.1, 0.15) is 11.4 Å². The number of rotatable bonds is 1. The molecule has 0 saturated heterocycles. The fraction of sp³-hybridized carbons (Fsp3) is 0. The number of hydrogen-bond donors (Lipinski definition) is 0. The molecule has 0 aliphatic heterocycles. The van der Waals surface area contributed by atoms with E-state index >= 15 is 0 Å². The van der Waals surface area contributed by atoms with Crippen LogP contribution in [0.5, 0.6) is 0 Å². The average Bonchev–Trinajstić information content (AvgIpc) is 2.38. The van der Waals surface area contributed by atoms with Gasteiger partial charge in [-0.15, -0.1) is 0 Å². The fourth-order valence-electron chi connectivity index (χ4n) is 1.86. The van der Waals surface area contributed by atoms with Gasteiger partial charge in [-0.3, -0.25) is 0 Å². The van der Waals surface area contributed by atoms with E-state index < -0.39 is 5.63 Å². The highest BCUT2D eigenvalue weighted by molar-refractivity contribution is 5.81. The monoisotopic (exact) mass is 239 g/mol. The Bertz CT molecular complexity index is 775. The molecule has 0 fully saturated rings. The van der Waals surface area contributed by atoms with Crippen LogP contribution >= 0.6 is 0 Å². The zero-order chi connectivity index (χ0) is 12.5. The molecule has 3 aromatic rings. The van der Waals surface area contributed by atoms with E-state index in [0.29, 0.717) is 16.7 Å². The Morgan fingerprint density at radius 2 is 2.06 bits per heavy atom. The maximum absolute atomic E-state index is 13.2. The van der Waals surface area contributed by atoms with E-state index in [1.165, 1.54) is 12.1 Å². The molecule has 0 atom stereocenters. The third kappa shape index (κ3) is 1.80. The Morgan fingerprint density at radius 3 is 2.89 bits per heavy atom. The molecular weight excluding hydrogens is 231 g/mol. The van der Waals surface area contributed by atoms with Gasteiger partial charge in [-0.1, -0.05) is 24.3 Å². The van der Waals surface area contributed by atoms with Gasteiger partial charge in [0.05, 0.1) is 5.56 Å². The summed E-state index contributed by atoms with van der Waals surface area (Å²) in [5, 5.41) is 0.785. The summed E-state index contributed by atoms with van der Waals surface area (Å²) in [5.74, 6) is -0.381. The summed E-state index contributed by atoms with van der Waals surface area (Å²) in [5.41, 5.74) is 0.863. The van der Waals surface area contributed by atoms with E-state index in [1.807, 2.05) is 0 Å². The molecule has 0 saturated carbocycles. The molecule has 3 rings (SSSR count). The highest BCUT2D eigenvalue weighted by Crippen LogP contribution is 2.21. The Labute approximate surface area is 102 Å². The first-order chi connectivity index (χ1) is 8.74. The van der Waals surface area contributed by atoms with E-state index in [1.54, 1.807) is 36.4 Å². The fourth-order valence-corrected chi connectivity index (χ4v) is 1.86. The van der Waals surface area contributed by atoms with Crippen molar-refractivity contribution in [1.82, 2.24) is 0 Å². The van der Waals surface area contributed by atoms with Crippen LogP contribution in [0.15, 0.2) is 57.7 Å². The zero-order valence-corrected chi connectivity index (χ0v) is 9.31. The molecule has 2 aromatic carbocycles. The number of hydrogen-bond acceptors (Lipinski definition) is 2. The molecule has 0 bridgehead atoms. The van der Waals surface area contributed by atoms with Gasteiger partial charge in [-0.25, -0.2) is 9.18 Å². The molecule has 3 heteroatoms. The van der Waals surface area contributed by atoms with E-state index in [0.717, 1.165) is 5.39 Å². The van der Waals surface area contributed by atoms with Gasteiger partial charge in [0.15, 0.2) is 0 Å². The van der Waals surface area contributed by atoms with Crippen molar-refractivity contribution < 1.29 is 8.81 Å². The molecule has 0 aliphatic rings. The van der Waals surface area contributed by atoms with Crippen molar-refractivity contribution in [3.05, 3.63) is 70.8 Å². The molecule has 2 nitrogen and oxygen atoms in total. The quantitative estimate of drug-likeness (QED) is 0.609. The van der Waals surface area contributed by atoms with Crippen LogP contribution in [0.3, 0.4) is 0 Å². The molecule has 0 spiro atoms. The standard InChI is InChI=1S/C15H8FO2/c16-12-6-3-5-10(8-12)13-9-11-4-1-2-7-14(11)18-15(13)17/h1,3-9H. The second-order valence-electron chi connectivity index (χ2n) is 3.92. The first kappa shape index (κ1) is 10.7. The van der Waals surface area contributed by atoms with Crippen LogP contribution in [0, 0.1) is 11.9 Å². The second kappa shape index (κ2) is 4.11. The van der Waals surface area contributed by atoms with Crippen molar-refractivity contribution in [1.29, 1.82) is 0 Å². The van der Waals surface area contributed by atoms with Gasteiger partial charge in [0.2, 0.25) is 0 Å². The van der Waals surface area contributed by atoms with Crippen LogP contribution in [0.2, 0.25) is 0 Å². The first-order valence-corrected chi connectivity index (χ1v) is 5.44. The summed E-state index contributed by atoms with van der Waals surface area (Å²) in [6.45, 7) is 0. The molecule has 1 radical (unpaired) electrons. The Hall–Kier alpha value is -2.42. The maximum Gasteiger partial charge on any atom is 0.344 e. The molecule has 0 amide bonds. The van der Waals surface area contributed by atoms with Gasteiger partial charge in [-0.2, -0.15) is 0 Å². The zero-order valence-electron chi connectivity index (χ0n) is 9.31. The van der Waals surface area contributed by atoms with E-state index in [-0.39, 0.29) is 5.82 Å². The van der Waals surface area contributed by atoms with E-state index in [4.69, 9.17) is 4.42 Å². The van der Waals surface area contributed by atoms with Crippen LogP contribution in [0.1, 0.15) is 0 Å². The summed E-state index contributed by atoms with van der Waals surface area (Å²) >= 11 is 0. The van der Waals surface area contributed by atoms with Gasteiger partial charge < -0.3 is 4.42 Å². The van der Waals surface area contributed by atoms with Crippen LogP contribution in [0.25, 0.3) is 22.1 Å². The normalized spacial score (nSPS) is 10.7. The molecule has 0 unspecified atom stereocenters. The lowest BCUT2D eigenvalue weighted by molar-refractivity contribution is 0.563. The third-order valence-electron chi connectivity index (χ3n) is 2.72. The number of benzene rings is 2. The summed E-state index contributed by atoms with van der Waals surface area (Å²) < 4.78 is 18.3. The lowest BCUT2D eigenvalue weighted by Gasteiger charge is -2.02. The van der Waals surface area contributed by atoms with Gasteiger partial charge >= 0.3 is 5.63 Å². The Morgan fingerprint density at radius 1 is 1.17 bits per heavy atom. The minimum absolute atomic E-state index is 0.355. The lowest BCUT2D eigenvalue weighted by Crippen LogP contribution is -2.02. The lowest BCUT2D eigenvalue weighted by atomic mass is 10.1. The first-order valence-electron chi connectivity index (χ1n) is 5.44. The topological polar surface area (TPSA) is 30.2 Å². The largest absolute Gasteiger partial charge is 0.422 e. The van der Waals surface area contributed by atoms with Gasteiger partial charge in [-0.05, 0) is 35.9 Å². The predicted molar refractivity (Wildman–Crippen MR) is 66.7 cm³/mol. The summed E-state index contributed by atoms with van der Waals surface area (Å²) in [6.07, 6.45) is 0. The average molecular weight is 239 g/mol. The smallest absolute Gasteiger partial charge is 0.344 e. The Kier molecular flexibility index (Phi) is 2.45. The Balaban J connectivity index is 2.29. The van der Waals surface area contributed by atoms with Crippen molar-refractivity contribution in [2.75, 3.05) is 0 Å². The third-order valence-corrected chi connectivity index (χ3v) is 2.72. The van der Waals surface area contributed by atoms with Crippen LogP contribution < -0.4 is 5.63 Å². The van der Waals surface area contributed by atoms with Gasteiger partial charge in [0.25, 0.3) is 0 Å². The minimum Gasteiger partial charge on any atom is -0.422 e. The minimum atomic E-state index is -0.479. The molecule has 87 valence electrons. The maximum atomic E-state index is 13.2. The van der Waals surface area contributed by atoms with Crippen LogP contribution in [-0.4, -0.2) is 0 Å². The number of halogens is 1. The second-order valence-corrected chi connectivity index (χ2v) is 3.92. The van der Waals surface area contributed by atoms with Crippen molar-refractivity contribution in [3.63, 3.8) is 0 Å². The van der Waals surface area contributed by atoms with Crippen molar-refractivity contribution >= 4 is 11.0 Å². The summed E-state index contributed by atoms with van der Waals surface area (Å²) in [6, 6.07) is 15.6. The van der Waals surface area contributed by atoms with Crippen LogP contribution in [0.4, 0.5) is 4.39 Å². The van der Waals surface area contributed by atoms with Crippen molar-refractivity contribution in [2.24, 2.45) is 0 Å². The summed E-state index contributed by atoms with van der Waals surface area (Å²) in [7, 11) is 0. The van der Waals surface area contributed by atoms with Crippen LogP contribution in [-0.2, 0) is 0 Å². The molecule has 1 aromatic heterocycles. The highest BCUT2D eigenvalue weighted by atomic mass is 19.1. The molecule has 1 heterocycles. The highest BCUT2D eigenvalue weighted by Gasteiger charge is 2.07. The molecule has 0 N–H and O–H groups in total. The molecular formula is C15H8FO2. The van der Waals surface area contributed by atoms with Gasteiger partial charge in [0, 0.05) is 5.39 Å². The van der Waals surface area contributed by atoms with E-state index in [2.05, 4.69) is 6.07 Å². The number of fused-ring (bicyclic) bond motifs is 1. The van der Waals surface area contributed by atoms with Crippen molar-refractivity contribution in [3.8, 4) is 11.1 Å².